The fourth-order valence-corrected chi connectivity index (χ4v) is 2.61. The summed E-state index contributed by atoms with van der Waals surface area (Å²) in [6, 6.07) is 3.00. The predicted octanol–water partition coefficient (Wildman–Crippen LogP) is 2.39. The van der Waals surface area contributed by atoms with Gasteiger partial charge in [0.05, 0.1) is 12.1 Å². The van der Waals surface area contributed by atoms with E-state index < -0.39 is 0 Å². The fourth-order valence-electron chi connectivity index (χ4n) is 2.61. The molecule has 3 heteroatoms. The summed E-state index contributed by atoms with van der Waals surface area (Å²) in [4.78, 5) is 2.44. The molecule has 17 heavy (non-hydrogen) atoms. The number of nitrogens with one attached hydrogen (secondary N) is 1. The van der Waals surface area contributed by atoms with Crippen LogP contribution in [0.4, 0.5) is 0 Å². The normalized spacial score (nSPS) is 22.4. The van der Waals surface area contributed by atoms with Crippen molar-refractivity contribution in [1.82, 2.24) is 10.2 Å². The van der Waals surface area contributed by atoms with E-state index in [1.807, 2.05) is 7.05 Å². The van der Waals surface area contributed by atoms with Crippen LogP contribution in [0.3, 0.4) is 0 Å². The van der Waals surface area contributed by atoms with Gasteiger partial charge in [-0.15, -0.1) is 0 Å². The molecular formula is C14H27N3. The minimum atomic E-state index is -0.00233. The van der Waals surface area contributed by atoms with Crippen LogP contribution in [0, 0.1) is 16.7 Å². The van der Waals surface area contributed by atoms with Gasteiger partial charge in [0.15, 0.2) is 0 Å². The zero-order valence-electron chi connectivity index (χ0n) is 11.8. The monoisotopic (exact) mass is 237 g/mol. The number of hydrogen-bond acceptors (Lipinski definition) is 3. The molecule has 0 radical (unpaired) electrons. The van der Waals surface area contributed by atoms with Crippen LogP contribution in [-0.4, -0.2) is 37.6 Å². The summed E-state index contributed by atoms with van der Waals surface area (Å²) in [6.45, 7) is 5.76. The summed E-state index contributed by atoms with van der Waals surface area (Å²) in [7, 11) is 4.06. The van der Waals surface area contributed by atoms with Crippen LogP contribution >= 0.6 is 0 Å². The van der Waals surface area contributed by atoms with Crippen molar-refractivity contribution < 1.29 is 0 Å². The van der Waals surface area contributed by atoms with Crippen LogP contribution in [0.25, 0.3) is 0 Å². The molecule has 1 rings (SSSR count). The Labute approximate surface area is 106 Å². The van der Waals surface area contributed by atoms with Gasteiger partial charge in [-0.3, -0.25) is 0 Å². The van der Waals surface area contributed by atoms with Crippen molar-refractivity contribution in [1.29, 1.82) is 5.26 Å². The minimum Gasteiger partial charge on any atom is -0.305 e. The highest BCUT2D eigenvalue weighted by molar-refractivity contribution is 4.90. The van der Waals surface area contributed by atoms with Crippen molar-refractivity contribution in [2.75, 3.05) is 20.6 Å². The summed E-state index contributed by atoms with van der Waals surface area (Å²) in [5, 5.41) is 11.9. The van der Waals surface area contributed by atoms with E-state index in [0.29, 0.717) is 5.41 Å². The molecular weight excluding hydrogens is 210 g/mol. The van der Waals surface area contributed by atoms with Gasteiger partial charge in [0, 0.05) is 12.6 Å². The zero-order valence-corrected chi connectivity index (χ0v) is 11.8. The van der Waals surface area contributed by atoms with E-state index in [0.717, 1.165) is 19.0 Å². The Morgan fingerprint density at radius 1 is 1.41 bits per heavy atom. The van der Waals surface area contributed by atoms with Crippen molar-refractivity contribution in [2.24, 2.45) is 5.41 Å². The minimum absolute atomic E-state index is 0.00233. The van der Waals surface area contributed by atoms with Gasteiger partial charge in [0.25, 0.3) is 0 Å². The van der Waals surface area contributed by atoms with Crippen LogP contribution in [0.2, 0.25) is 0 Å². The first-order valence-electron chi connectivity index (χ1n) is 6.75. The molecule has 3 nitrogen and oxygen atoms in total. The quantitative estimate of drug-likeness (QED) is 0.798. The zero-order chi connectivity index (χ0) is 12.9. The van der Waals surface area contributed by atoms with Crippen molar-refractivity contribution in [2.45, 2.75) is 58.0 Å². The standard InChI is InChI=1S/C14H27N3/c1-14(2)8-5-13(6-9-14)17(4)10-7-12(11-15)16-3/h12-13,16H,5-10H2,1-4H3. The molecule has 1 fully saturated rings. The third kappa shape index (κ3) is 4.65. The van der Waals surface area contributed by atoms with Crippen LogP contribution in [0.15, 0.2) is 0 Å². The van der Waals surface area contributed by atoms with Crippen molar-refractivity contribution >= 4 is 0 Å². The van der Waals surface area contributed by atoms with Gasteiger partial charge in [0.2, 0.25) is 0 Å². The fraction of sp³-hybridized carbons (Fsp3) is 0.929. The Morgan fingerprint density at radius 3 is 2.47 bits per heavy atom. The molecule has 0 aromatic rings. The first kappa shape index (κ1) is 14.5. The number of nitriles is 1. The molecule has 1 saturated carbocycles. The van der Waals surface area contributed by atoms with E-state index in [2.05, 4.69) is 37.2 Å². The van der Waals surface area contributed by atoms with Gasteiger partial charge in [-0.2, -0.15) is 5.26 Å². The molecule has 1 aliphatic carbocycles. The van der Waals surface area contributed by atoms with Gasteiger partial charge in [0.1, 0.15) is 0 Å². The summed E-state index contributed by atoms with van der Waals surface area (Å²) < 4.78 is 0. The van der Waals surface area contributed by atoms with Gasteiger partial charge in [-0.1, -0.05) is 13.8 Å². The van der Waals surface area contributed by atoms with Crippen LogP contribution in [0.5, 0.6) is 0 Å². The Bertz CT molecular complexity index is 257. The van der Waals surface area contributed by atoms with Gasteiger partial charge in [-0.05, 0) is 51.6 Å². The average molecular weight is 237 g/mol. The highest BCUT2D eigenvalue weighted by Gasteiger charge is 2.28. The topological polar surface area (TPSA) is 39.1 Å². The van der Waals surface area contributed by atoms with Crippen molar-refractivity contribution in [3.05, 3.63) is 0 Å². The molecule has 1 aliphatic rings. The van der Waals surface area contributed by atoms with Crippen LogP contribution in [0.1, 0.15) is 46.0 Å². The van der Waals surface area contributed by atoms with Gasteiger partial charge in [-0.25, -0.2) is 0 Å². The maximum atomic E-state index is 8.89. The molecule has 0 amide bonds. The summed E-state index contributed by atoms with van der Waals surface area (Å²) in [5.74, 6) is 0. The van der Waals surface area contributed by atoms with Gasteiger partial charge < -0.3 is 10.2 Å². The number of nitrogens with zero attached hydrogens (tertiary/aromatic N) is 2. The second-order valence-corrected chi connectivity index (χ2v) is 6.14. The molecule has 0 aliphatic heterocycles. The number of hydrogen-bond donors (Lipinski definition) is 1. The molecule has 0 heterocycles. The van der Waals surface area contributed by atoms with E-state index in [4.69, 9.17) is 5.26 Å². The van der Waals surface area contributed by atoms with Crippen molar-refractivity contribution in [3.8, 4) is 6.07 Å². The largest absolute Gasteiger partial charge is 0.305 e. The smallest absolute Gasteiger partial charge is 0.0962 e. The summed E-state index contributed by atoms with van der Waals surface area (Å²) in [6.07, 6.45) is 6.19. The lowest BCUT2D eigenvalue weighted by Crippen LogP contribution is -2.39. The Hall–Kier alpha value is -0.590. The molecule has 98 valence electrons. The molecule has 0 bridgehead atoms. The molecule has 1 unspecified atom stereocenters. The lowest BCUT2D eigenvalue weighted by atomic mass is 9.75. The Kier molecular flexibility index (Phi) is 5.42. The van der Waals surface area contributed by atoms with Gasteiger partial charge >= 0.3 is 0 Å². The van der Waals surface area contributed by atoms with E-state index in [9.17, 15) is 0 Å². The van der Waals surface area contributed by atoms with E-state index >= 15 is 0 Å². The van der Waals surface area contributed by atoms with E-state index in [1.165, 1.54) is 25.7 Å². The Balaban J connectivity index is 2.30. The maximum absolute atomic E-state index is 8.89. The molecule has 1 N–H and O–H groups in total. The SMILES string of the molecule is CNC(C#N)CCN(C)C1CCC(C)(C)CC1. The van der Waals surface area contributed by atoms with Crippen LogP contribution in [-0.2, 0) is 0 Å². The molecule has 0 aromatic carbocycles. The number of rotatable bonds is 5. The van der Waals surface area contributed by atoms with E-state index in [-0.39, 0.29) is 6.04 Å². The van der Waals surface area contributed by atoms with E-state index in [1.54, 1.807) is 0 Å². The summed E-state index contributed by atoms with van der Waals surface area (Å²) >= 11 is 0. The molecule has 1 atom stereocenters. The summed E-state index contributed by atoms with van der Waals surface area (Å²) in [5.41, 5.74) is 0.539. The Morgan fingerprint density at radius 2 is 2.00 bits per heavy atom. The average Bonchev–Trinajstić information content (AvgIpc) is 2.30. The lowest BCUT2D eigenvalue weighted by Gasteiger charge is -2.38. The predicted molar refractivity (Wildman–Crippen MR) is 71.7 cm³/mol. The first-order chi connectivity index (χ1) is 7.98. The third-order valence-corrected chi connectivity index (χ3v) is 4.21. The highest BCUT2D eigenvalue weighted by atomic mass is 15.1. The van der Waals surface area contributed by atoms with Crippen LogP contribution < -0.4 is 5.32 Å². The molecule has 0 spiro atoms. The second kappa shape index (κ2) is 6.37. The maximum Gasteiger partial charge on any atom is 0.0962 e. The molecule has 0 saturated heterocycles. The first-order valence-corrected chi connectivity index (χ1v) is 6.75. The third-order valence-electron chi connectivity index (χ3n) is 4.21. The van der Waals surface area contributed by atoms with Crippen molar-refractivity contribution in [3.63, 3.8) is 0 Å². The second-order valence-electron chi connectivity index (χ2n) is 6.14. The lowest BCUT2D eigenvalue weighted by molar-refractivity contribution is 0.125. The molecule has 0 aromatic heterocycles. The highest BCUT2D eigenvalue weighted by Crippen LogP contribution is 2.36.